The van der Waals surface area contributed by atoms with E-state index in [-0.39, 0.29) is 17.1 Å². The third kappa shape index (κ3) is 4.03. The van der Waals surface area contributed by atoms with E-state index in [1.165, 1.54) is 23.9 Å². The summed E-state index contributed by atoms with van der Waals surface area (Å²) in [5, 5.41) is -0.232. The summed E-state index contributed by atoms with van der Waals surface area (Å²) in [6, 6.07) is 20.2. The summed E-state index contributed by atoms with van der Waals surface area (Å²) in [6.07, 6.45) is 0. The number of carbonyl (C=O) groups is 2. The molecule has 1 fully saturated rings. The van der Waals surface area contributed by atoms with Crippen LogP contribution in [0.5, 0.6) is 5.75 Å². The Bertz CT molecular complexity index is 1050. The lowest BCUT2D eigenvalue weighted by atomic mass is 10.1. The Hall–Kier alpha value is -3.12. The second-order valence-corrected chi connectivity index (χ2v) is 7.75. The molecule has 0 radical (unpaired) electrons. The van der Waals surface area contributed by atoms with Crippen molar-refractivity contribution >= 4 is 29.3 Å². The van der Waals surface area contributed by atoms with Gasteiger partial charge in [0.15, 0.2) is 0 Å². The molecule has 3 aromatic rings. The van der Waals surface area contributed by atoms with Crippen LogP contribution in [0.1, 0.15) is 26.9 Å². The minimum Gasteiger partial charge on any atom is -0.423 e. The third-order valence-corrected chi connectivity index (χ3v) is 5.88. The van der Waals surface area contributed by atoms with Crippen molar-refractivity contribution in [2.75, 3.05) is 10.7 Å². The fourth-order valence-corrected chi connectivity index (χ4v) is 4.44. The van der Waals surface area contributed by atoms with E-state index in [1.807, 2.05) is 13.0 Å². The van der Waals surface area contributed by atoms with Crippen molar-refractivity contribution in [3.63, 3.8) is 0 Å². The highest BCUT2D eigenvalue weighted by atomic mass is 32.2. The highest BCUT2D eigenvalue weighted by Crippen LogP contribution is 2.42. The molecule has 1 unspecified atom stereocenters. The summed E-state index contributed by atoms with van der Waals surface area (Å²) in [4.78, 5) is 26.7. The molecule has 6 heteroatoms. The van der Waals surface area contributed by atoms with E-state index in [2.05, 4.69) is 0 Å². The van der Waals surface area contributed by atoms with Gasteiger partial charge in [-0.25, -0.2) is 9.18 Å². The van der Waals surface area contributed by atoms with Gasteiger partial charge in [-0.1, -0.05) is 30.3 Å². The van der Waals surface area contributed by atoms with E-state index in [0.717, 1.165) is 16.8 Å². The van der Waals surface area contributed by atoms with Crippen molar-refractivity contribution in [2.24, 2.45) is 0 Å². The quantitative estimate of drug-likeness (QED) is 0.444. The lowest BCUT2D eigenvalue weighted by molar-refractivity contribution is -0.115. The molecule has 0 aromatic heterocycles. The maximum Gasteiger partial charge on any atom is 0.343 e. The first kappa shape index (κ1) is 19.2. The van der Waals surface area contributed by atoms with Gasteiger partial charge in [0.25, 0.3) is 0 Å². The van der Waals surface area contributed by atoms with Crippen molar-refractivity contribution in [3.8, 4) is 5.75 Å². The molecule has 0 bridgehead atoms. The fourth-order valence-electron chi connectivity index (χ4n) is 3.27. The zero-order valence-electron chi connectivity index (χ0n) is 15.7. The van der Waals surface area contributed by atoms with Gasteiger partial charge < -0.3 is 4.74 Å². The van der Waals surface area contributed by atoms with Crippen molar-refractivity contribution < 1.29 is 18.7 Å². The predicted molar refractivity (Wildman–Crippen MR) is 112 cm³/mol. The van der Waals surface area contributed by atoms with Crippen molar-refractivity contribution in [1.82, 2.24) is 0 Å². The Kier molecular flexibility index (Phi) is 5.36. The molecule has 4 rings (SSSR count). The lowest BCUT2D eigenvalue weighted by Gasteiger charge is -2.26. The number of rotatable bonds is 4. The van der Waals surface area contributed by atoms with Crippen LogP contribution in [-0.4, -0.2) is 17.6 Å². The Balaban J connectivity index is 1.60. The van der Waals surface area contributed by atoms with Crippen LogP contribution in [0.3, 0.4) is 0 Å². The predicted octanol–water partition coefficient (Wildman–Crippen LogP) is 5.13. The van der Waals surface area contributed by atoms with Crippen LogP contribution in [0.4, 0.5) is 10.1 Å². The number of hydrogen-bond donors (Lipinski definition) is 0. The number of thioether (sulfide) groups is 1. The summed E-state index contributed by atoms with van der Waals surface area (Å²) in [6.45, 7) is 1.85. The van der Waals surface area contributed by atoms with Gasteiger partial charge in [0, 0.05) is 5.69 Å². The van der Waals surface area contributed by atoms with Crippen molar-refractivity contribution in [2.45, 2.75) is 12.3 Å². The maximum absolute atomic E-state index is 13.3. The molecule has 3 aromatic carbocycles. The normalized spacial score (nSPS) is 16.1. The monoisotopic (exact) mass is 407 g/mol. The molecule has 0 aliphatic carbocycles. The number of esters is 1. The van der Waals surface area contributed by atoms with Gasteiger partial charge in [0.2, 0.25) is 5.91 Å². The molecule has 1 saturated heterocycles. The van der Waals surface area contributed by atoms with Gasteiger partial charge in [-0.05, 0) is 60.5 Å². The number of benzene rings is 3. The molecule has 29 heavy (non-hydrogen) atoms. The number of carbonyl (C=O) groups excluding carboxylic acids is 2. The van der Waals surface area contributed by atoms with E-state index in [4.69, 9.17) is 4.74 Å². The molecule has 0 spiro atoms. The minimum absolute atomic E-state index is 0.0213. The summed E-state index contributed by atoms with van der Waals surface area (Å²) < 4.78 is 18.7. The molecule has 1 aliphatic rings. The summed E-state index contributed by atoms with van der Waals surface area (Å²) >= 11 is 1.50. The average molecular weight is 407 g/mol. The smallest absolute Gasteiger partial charge is 0.343 e. The third-order valence-electron chi connectivity index (χ3n) is 4.67. The summed E-state index contributed by atoms with van der Waals surface area (Å²) in [7, 11) is 0. The number of ether oxygens (including phenoxy) is 1. The Morgan fingerprint density at radius 2 is 1.79 bits per heavy atom. The van der Waals surface area contributed by atoms with Gasteiger partial charge in [0.1, 0.15) is 16.9 Å². The Labute approximate surface area is 172 Å². The maximum atomic E-state index is 13.3. The average Bonchev–Trinajstić information content (AvgIpc) is 3.10. The largest absolute Gasteiger partial charge is 0.423 e. The van der Waals surface area contributed by atoms with Crippen LogP contribution in [0, 0.1) is 12.7 Å². The van der Waals surface area contributed by atoms with E-state index in [9.17, 15) is 14.0 Å². The van der Waals surface area contributed by atoms with Gasteiger partial charge in [-0.15, -0.1) is 11.8 Å². The van der Waals surface area contributed by atoms with Crippen LogP contribution < -0.4 is 9.64 Å². The van der Waals surface area contributed by atoms with Crippen LogP contribution in [-0.2, 0) is 4.79 Å². The second-order valence-electron chi connectivity index (χ2n) is 6.68. The number of amides is 1. The lowest BCUT2D eigenvalue weighted by Crippen LogP contribution is -2.28. The first-order valence-electron chi connectivity index (χ1n) is 9.10. The topological polar surface area (TPSA) is 46.6 Å². The molecule has 4 nitrogen and oxygen atoms in total. The number of para-hydroxylation sites is 1. The van der Waals surface area contributed by atoms with Gasteiger partial charge in [-0.3, -0.25) is 9.69 Å². The van der Waals surface area contributed by atoms with Gasteiger partial charge in [0.05, 0.1) is 11.3 Å². The molecule has 1 amide bonds. The van der Waals surface area contributed by atoms with Crippen LogP contribution in [0.25, 0.3) is 0 Å². The van der Waals surface area contributed by atoms with Crippen LogP contribution in [0.15, 0.2) is 72.8 Å². The van der Waals surface area contributed by atoms with Crippen molar-refractivity contribution in [1.29, 1.82) is 0 Å². The van der Waals surface area contributed by atoms with E-state index < -0.39 is 5.97 Å². The Morgan fingerprint density at radius 1 is 1.07 bits per heavy atom. The first-order valence-corrected chi connectivity index (χ1v) is 10.1. The highest BCUT2D eigenvalue weighted by molar-refractivity contribution is 8.00. The first-order chi connectivity index (χ1) is 14.0. The number of hydrogen-bond acceptors (Lipinski definition) is 4. The second kappa shape index (κ2) is 8.09. The number of aryl methyl sites for hydroxylation is 1. The van der Waals surface area contributed by atoms with Gasteiger partial charge >= 0.3 is 5.97 Å². The standard InChI is InChI=1S/C23H18FNO3S/c1-15-13-17(23(27)28-19-5-3-2-4-6-19)9-12-20(15)25-21(26)14-29-22(25)16-7-10-18(24)11-8-16/h2-13,22H,14H2,1H3. The number of anilines is 1. The molecule has 0 saturated carbocycles. The van der Waals surface area contributed by atoms with Crippen molar-refractivity contribution in [3.05, 3.63) is 95.3 Å². The van der Waals surface area contributed by atoms with E-state index in [0.29, 0.717) is 17.1 Å². The number of nitrogens with zero attached hydrogens (tertiary/aromatic N) is 1. The summed E-state index contributed by atoms with van der Waals surface area (Å²) in [5.41, 5.74) is 2.78. The van der Waals surface area contributed by atoms with E-state index >= 15 is 0 Å². The highest BCUT2D eigenvalue weighted by Gasteiger charge is 2.35. The summed E-state index contributed by atoms with van der Waals surface area (Å²) in [5.74, 6) is 0.0307. The van der Waals surface area contributed by atoms with Crippen LogP contribution in [0.2, 0.25) is 0 Å². The molecule has 1 aliphatic heterocycles. The minimum atomic E-state index is -0.456. The zero-order chi connectivity index (χ0) is 20.4. The SMILES string of the molecule is Cc1cc(C(=O)Oc2ccccc2)ccc1N1C(=O)CSC1c1ccc(F)cc1. The van der Waals surface area contributed by atoms with Crippen LogP contribution >= 0.6 is 11.8 Å². The number of halogens is 1. The molecular formula is C23H18FNO3S. The fraction of sp³-hybridized carbons (Fsp3) is 0.130. The van der Waals surface area contributed by atoms with Gasteiger partial charge in [-0.2, -0.15) is 0 Å². The molecule has 146 valence electrons. The Morgan fingerprint density at radius 3 is 2.48 bits per heavy atom. The van der Waals surface area contributed by atoms with E-state index in [1.54, 1.807) is 59.5 Å². The molecular weight excluding hydrogens is 389 g/mol. The molecule has 1 atom stereocenters. The zero-order valence-corrected chi connectivity index (χ0v) is 16.5. The molecule has 1 heterocycles. The molecule has 0 N–H and O–H groups in total.